The number of nitrogens with zero attached hydrogens (tertiary/aromatic N) is 1. The van der Waals surface area contributed by atoms with Crippen molar-refractivity contribution >= 4 is 23.4 Å². The highest BCUT2D eigenvalue weighted by molar-refractivity contribution is 6.33. The minimum absolute atomic E-state index is 0.0130. The first-order valence-electron chi connectivity index (χ1n) is 11.6. The third-order valence-electron chi connectivity index (χ3n) is 6.48. The molecular formula is C28H29ClN2O3. The number of carbonyl (C=O) groups is 2. The Balaban J connectivity index is 1.40. The monoisotopic (exact) mass is 476 g/mol. The van der Waals surface area contributed by atoms with Gasteiger partial charge in [-0.2, -0.15) is 0 Å². The number of aliphatic hydroxyl groups is 1. The molecule has 0 aromatic heterocycles. The van der Waals surface area contributed by atoms with E-state index in [-0.39, 0.29) is 24.2 Å². The molecule has 1 aliphatic heterocycles. The van der Waals surface area contributed by atoms with Gasteiger partial charge >= 0.3 is 0 Å². The van der Waals surface area contributed by atoms with Crippen LogP contribution in [0, 0.1) is 5.92 Å². The lowest BCUT2D eigenvalue weighted by atomic mass is 9.87. The van der Waals surface area contributed by atoms with Gasteiger partial charge in [-0.3, -0.25) is 9.59 Å². The van der Waals surface area contributed by atoms with Crippen LogP contribution in [0.15, 0.2) is 84.9 Å². The Morgan fingerprint density at radius 2 is 1.44 bits per heavy atom. The van der Waals surface area contributed by atoms with Crippen LogP contribution in [0.4, 0.5) is 0 Å². The molecule has 3 aromatic carbocycles. The molecule has 2 N–H and O–H groups in total. The molecule has 0 radical (unpaired) electrons. The summed E-state index contributed by atoms with van der Waals surface area (Å²) in [5.74, 6) is -0.200. The number of rotatable bonds is 7. The van der Waals surface area contributed by atoms with Gasteiger partial charge in [-0.15, -0.1) is 0 Å². The van der Waals surface area contributed by atoms with E-state index in [1.807, 2.05) is 65.6 Å². The van der Waals surface area contributed by atoms with E-state index in [9.17, 15) is 14.7 Å². The molecule has 2 amide bonds. The standard InChI is InChI=1S/C28H29ClN2O3/c29-24-14-8-7-13-23(24)28(34)30-25(20-9-3-1-4-10-20)19-26(32)31-17-15-22(16-18-31)27(33)21-11-5-2-6-12-21/h1-14,22,25,27,33H,15-19H2,(H,30,34). The average Bonchev–Trinajstić information content (AvgIpc) is 2.89. The Morgan fingerprint density at radius 1 is 0.882 bits per heavy atom. The molecule has 1 fully saturated rings. The summed E-state index contributed by atoms with van der Waals surface area (Å²) in [7, 11) is 0. The number of halogens is 1. The van der Waals surface area contributed by atoms with Crippen molar-refractivity contribution in [1.82, 2.24) is 10.2 Å². The molecule has 0 saturated carbocycles. The highest BCUT2D eigenvalue weighted by Crippen LogP contribution is 2.31. The van der Waals surface area contributed by atoms with Gasteiger partial charge in [0.2, 0.25) is 5.91 Å². The molecule has 0 aliphatic carbocycles. The predicted molar refractivity (Wildman–Crippen MR) is 133 cm³/mol. The van der Waals surface area contributed by atoms with E-state index < -0.39 is 12.1 Å². The van der Waals surface area contributed by atoms with Crippen LogP contribution in [0.2, 0.25) is 5.02 Å². The molecule has 176 valence electrons. The smallest absolute Gasteiger partial charge is 0.253 e. The predicted octanol–water partition coefficient (Wildman–Crippen LogP) is 5.17. The Kier molecular flexibility index (Phi) is 7.99. The topological polar surface area (TPSA) is 69.6 Å². The van der Waals surface area contributed by atoms with E-state index in [4.69, 9.17) is 11.6 Å². The summed E-state index contributed by atoms with van der Waals surface area (Å²) >= 11 is 6.20. The van der Waals surface area contributed by atoms with E-state index in [0.29, 0.717) is 23.7 Å². The van der Waals surface area contributed by atoms with Gasteiger partial charge in [0.1, 0.15) is 0 Å². The van der Waals surface area contributed by atoms with Crippen molar-refractivity contribution < 1.29 is 14.7 Å². The van der Waals surface area contributed by atoms with Crippen LogP contribution in [0.5, 0.6) is 0 Å². The normalized spacial score (nSPS) is 16.0. The molecule has 0 bridgehead atoms. The Hall–Kier alpha value is -3.15. The summed E-state index contributed by atoms with van der Waals surface area (Å²) in [5, 5.41) is 14.1. The van der Waals surface area contributed by atoms with Gasteiger partial charge in [-0.1, -0.05) is 84.4 Å². The molecule has 1 aliphatic rings. The second kappa shape index (κ2) is 11.3. The number of aliphatic hydroxyl groups excluding tert-OH is 1. The summed E-state index contributed by atoms with van der Waals surface area (Å²) in [5.41, 5.74) is 2.16. The number of piperidine rings is 1. The van der Waals surface area contributed by atoms with Crippen molar-refractivity contribution in [2.24, 2.45) is 5.92 Å². The zero-order valence-electron chi connectivity index (χ0n) is 18.9. The quantitative estimate of drug-likeness (QED) is 0.494. The van der Waals surface area contributed by atoms with E-state index in [2.05, 4.69) is 5.32 Å². The van der Waals surface area contributed by atoms with E-state index in [1.165, 1.54) is 0 Å². The maximum atomic E-state index is 13.2. The second-order valence-electron chi connectivity index (χ2n) is 8.69. The lowest BCUT2D eigenvalue weighted by Crippen LogP contribution is -2.41. The molecule has 4 rings (SSSR count). The zero-order chi connectivity index (χ0) is 23.9. The fourth-order valence-corrected chi connectivity index (χ4v) is 4.73. The lowest BCUT2D eigenvalue weighted by molar-refractivity contribution is -0.133. The first-order valence-corrected chi connectivity index (χ1v) is 12.0. The molecule has 1 heterocycles. The number of amides is 2. The first-order chi connectivity index (χ1) is 16.5. The zero-order valence-corrected chi connectivity index (χ0v) is 19.7. The summed E-state index contributed by atoms with van der Waals surface area (Å²) in [4.78, 5) is 27.9. The van der Waals surface area contributed by atoms with Crippen molar-refractivity contribution in [2.75, 3.05) is 13.1 Å². The van der Waals surface area contributed by atoms with Crippen molar-refractivity contribution in [2.45, 2.75) is 31.4 Å². The van der Waals surface area contributed by atoms with E-state index >= 15 is 0 Å². The molecule has 6 heteroatoms. The molecule has 0 spiro atoms. The summed E-state index contributed by atoms with van der Waals surface area (Å²) in [6.07, 6.45) is 1.12. The Morgan fingerprint density at radius 3 is 2.06 bits per heavy atom. The molecule has 34 heavy (non-hydrogen) atoms. The van der Waals surface area contributed by atoms with Gasteiger partial charge in [0.15, 0.2) is 0 Å². The summed E-state index contributed by atoms with van der Waals surface area (Å²) in [6, 6.07) is 25.6. The van der Waals surface area contributed by atoms with Crippen molar-refractivity contribution in [1.29, 1.82) is 0 Å². The molecule has 5 nitrogen and oxygen atoms in total. The van der Waals surface area contributed by atoms with Gasteiger partial charge in [0, 0.05) is 13.1 Å². The van der Waals surface area contributed by atoms with Crippen LogP contribution in [-0.2, 0) is 4.79 Å². The van der Waals surface area contributed by atoms with Gasteiger partial charge in [-0.25, -0.2) is 0 Å². The molecule has 3 aromatic rings. The second-order valence-corrected chi connectivity index (χ2v) is 9.10. The minimum Gasteiger partial charge on any atom is -0.388 e. The van der Waals surface area contributed by atoms with Crippen molar-refractivity contribution in [3.05, 3.63) is 107 Å². The first kappa shape index (κ1) is 24.0. The van der Waals surface area contributed by atoms with E-state index in [0.717, 1.165) is 24.0 Å². The largest absolute Gasteiger partial charge is 0.388 e. The van der Waals surface area contributed by atoms with Crippen LogP contribution in [-0.4, -0.2) is 34.9 Å². The van der Waals surface area contributed by atoms with Gasteiger partial charge in [0.05, 0.1) is 29.2 Å². The van der Waals surface area contributed by atoms with Crippen LogP contribution in [0.1, 0.15) is 52.9 Å². The van der Waals surface area contributed by atoms with Crippen molar-refractivity contribution in [3.63, 3.8) is 0 Å². The van der Waals surface area contributed by atoms with Gasteiger partial charge < -0.3 is 15.3 Å². The van der Waals surface area contributed by atoms with Crippen LogP contribution in [0.25, 0.3) is 0 Å². The Labute approximate surface area is 205 Å². The molecular weight excluding hydrogens is 448 g/mol. The van der Waals surface area contributed by atoms with Crippen LogP contribution in [0.3, 0.4) is 0 Å². The van der Waals surface area contributed by atoms with Gasteiger partial charge in [0.25, 0.3) is 5.91 Å². The highest BCUT2D eigenvalue weighted by Gasteiger charge is 2.30. The number of likely N-dealkylation sites (tertiary alicyclic amines) is 1. The summed E-state index contributed by atoms with van der Waals surface area (Å²) in [6.45, 7) is 1.18. The number of nitrogens with one attached hydrogen (secondary N) is 1. The third kappa shape index (κ3) is 5.85. The number of carbonyl (C=O) groups excluding carboxylic acids is 2. The van der Waals surface area contributed by atoms with E-state index in [1.54, 1.807) is 24.3 Å². The summed E-state index contributed by atoms with van der Waals surface area (Å²) < 4.78 is 0. The fourth-order valence-electron chi connectivity index (χ4n) is 4.51. The SMILES string of the molecule is O=C(NC(CC(=O)N1CCC(C(O)c2ccccc2)CC1)c1ccccc1)c1ccccc1Cl. The van der Waals surface area contributed by atoms with Crippen LogP contribution >= 0.6 is 11.6 Å². The molecule has 2 atom stereocenters. The highest BCUT2D eigenvalue weighted by atomic mass is 35.5. The molecule has 1 saturated heterocycles. The number of hydrogen-bond donors (Lipinski definition) is 2. The number of benzene rings is 3. The maximum Gasteiger partial charge on any atom is 0.253 e. The minimum atomic E-state index is -0.523. The maximum absolute atomic E-state index is 13.2. The van der Waals surface area contributed by atoms with Crippen LogP contribution < -0.4 is 5.32 Å². The third-order valence-corrected chi connectivity index (χ3v) is 6.81. The Bertz CT molecular complexity index is 1100. The fraction of sp³-hybridized carbons (Fsp3) is 0.286. The lowest BCUT2D eigenvalue weighted by Gasteiger charge is -2.35. The number of hydrogen-bond acceptors (Lipinski definition) is 3. The molecule has 2 unspecified atom stereocenters. The van der Waals surface area contributed by atoms with Gasteiger partial charge in [-0.05, 0) is 42.0 Å². The average molecular weight is 477 g/mol. The van der Waals surface area contributed by atoms with Crippen molar-refractivity contribution in [3.8, 4) is 0 Å².